The molecule has 3 aromatic rings. The minimum atomic E-state index is -0.529. The largest absolute Gasteiger partial charge is 0.333 e. The third-order valence-electron chi connectivity index (χ3n) is 4.50. The van der Waals surface area contributed by atoms with Crippen LogP contribution in [-0.4, -0.2) is 32.3 Å². The van der Waals surface area contributed by atoms with E-state index < -0.39 is 5.82 Å². The quantitative estimate of drug-likeness (QED) is 0.602. The molecule has 1 unspecified atom stereocenters. The SMILES string of the molecule is CC.CC1c2c(Cl)ccnc2CCN1C(=O)c1nc2c(F)ccc(Cl)c2[nH]1. The Hall–Kier alpha value is -2.18. The van der Waals surface area contributed by atoms with Crippen molar-refractivity contribution in [3.05, 3.63) is 57.3 Å². The molecule has 2 aromatic heterocycles. The van der Waals surface area contributed by atoms with Gasteiger partial charge in [0, 0.05) is 35.4 Å². The molecule has 5 nitrogen and oxygen atoms in total. The number of H-pyrrole nitrogens is 1. The fourth-order valence-corrected chi connectivity index (χ4v) is 3.77. The number of carbonyl (C=O) groups is 1. The van der Waals surface area contributed by atoms with Crippen LogP contribution in [0, 0.1) is 5.82 Å². The summed E-state index contributed by atoms with van der Waals surface area (Å²) in [6, 6.07) is 4.11. The molecule has 1 amide bonds. The lowest BCUT2D eigenvalue weighted by atomic mass is 9.98. The molecule has 0 spiro atoms. The highest BCUT2D eigenvalue weighted by molar-refractivity contribution is 6.35. The van der Waals surface area contributed by atoms with Crippen molar-refractivity contribution in [1.29, 1.82) is 0 Å². The minimum absolute atomic E-state index is 0.0531. The number of aromatic amines is 1. The van der Waals surface area contributed by atoms with E-state index in [0.29, 0.717) is 28.5 Å². The van der Waals surface area contributed by atoms with Crippen molar-refractivity contribution in [2.45, 2.75) is 33.2 Å². The van der Waals surface area contributed by atoms with Crippen molar-refractivity contribution in [3.8, 4) is 0 Å². The molecule has 1 atom stereocenters. The number of benzene rings is 1. The van der Waals surface area contributed by atoms with E-state index in [2.05, 4.69) is 15.0 Å². The van der Waals surface area contributed by atoms with Crippen LogP contribution in [0.5, 0.6) is 0 Å². The van der Waals surface area contributed by atoms with Crippen LogP contribution in [-0.2, 0) is 6.42 Å². The van der Waals surface area contributed by atoms with E-state index in [0.717, 1.165) is 11.3 Å². The molecule has 0 saturated carbocycles. The van der Waals surface area contributed by atoms with Crippen LogP contribution in [0.3, 0.4) is 0 Å². The number of pyridine rings is 1. The first-order chi connectivity index (χ1) is 13.0. The van der Waals surface area contributed by atoms with Crippen molar-refractivity contribution in [2.75, 3.05) is 6.54 Å². The lowest BCUT2D eigenvalue weighted by Crippen LogP contribution is -2.39. The summed E-state index contributed by atoms with van der Waals surface area (Å²) in [7, 11) is 0. The maximum atomic E-state index is 13.9. The van der Waals surface area contributed by atoms with E-state index in [9.17, 15) is 9.18 Å². The molecule has 8 heteroatoms. The number of carbonyl (C=O) groups excluding carboxylic acids is 1. The number of amides is 1. The van der Waals surface area contributed by atoms with E-state index in [-0.39, 0.29) is 23.3 Å². The molecule has 1 aromatic carbocycles. The molecule has 27 heavy (non-hydrogen) atoms. The highest BCUT2D eigenvalue weighted by atomic mass is 35.5. The Balaban J connectivity index is 0.00000102. The molecule has 142 valence electrons. The third-order valence-corrected chi connectivity index (χ3v) is 5.15. The van der Waals surface area contributed by atoms with Crippen LogP contribution in [0.25, 0.3) is 11.0 Å². The van der Waals surface area contributed by atoms with Crippen molar-refractivity contribution in [3.63, 3.8) is 0 Å². The maximum Gasteiger partial charge on any atom is 0.290 e. The van der Waals surface area contributed by atoms with Crippen molar-refractivity contribution in [2.24, 2.45) is 0 Å². The van der Waals surface area contributed by atoms with Crippen LogP contribution in [0.2, 0.25) is 10.0 Å². The van der Waals surface area contributed by atoms with Crippen LogP contribution >= 0.6 is 23.2 Å². The fraction of sp³-hybridized carbons (Fsp3) is 0.316. The van der Waals surface area contributed by atoms with Gasteiger partial charge >= 0.3 is 0 Å². The molecule has 1 aliphatic heterocycles. The van der Waals surface area contributed by atoms with Crippen LogP contribution in [0.15, 0.2) is 24.4 Å². The Kier molecular flexibility index (Phi) is 5.67. The van der Waals surface area contributed by atoms with Gasteiger partial charge in [-0.15, -0.1) is 0 Å². The van der Waals surface area contributed by atoms with Gasteiger partial charge in [-0.2, -0.15) is 0 Å². The highest BCUT2D eigenvalue weighted by Gasteiger charge is 2.32. The molecule has 0 aliphatic carbocycles. The smallest absolute Gasteiger partial charge is 0.290 e. The summed E-state index contributed by atoms with van der Waals surface area (Å²) in [6.07, 6.45) is 2.26. The van der Waals surface area contributed by atoms with Gasteiger partial charge in [-0.1, -0.05) is 37.0 Å². The molecule has 0 saturated heterocycles. The summed E-state index contributed by atoms with van der Waals surface area (Å²) < 4.78 is 13.9. The average molecular weight is 409 g/mol. The summed E-state index contributed by atoms with van der Waals surface area (Å²) >= 11 is 12.4. The van der Waals surface area contributed by atoms with E-state index in [1.807, 2.05) is 20.8 Å². The maximum absolute atomic E-state index is 13.9. The minimum Gasteiger partial charge on any atom is -0.333 e. The predicted octanol–water partition coefficient (Wildman–Crippen LogP) is 5.19. The fourth-order valence-electron chi connectivity index (χ4n) is 3.25. The van der Waals surface area contributed by atoms with E-state index in [4.69, 9.17) is 23.2 Å². The van der Waals surface area contributed by atoms with Crippen molar-refractivity contribution < 1.29 is 9.18 Å². The van der Waals surface area contributed by atoms with Gasteiger partial charge in [0.25, 0.3) is 5.91 Å². The monoisotopic (exact) mass is 408 g/mol. The first-order valence-corrected chi connectivity index (χ1v) is 9.51. The first kappa shape index (κ1) is 19.6. The Labute approximate surface area is 166 Å². The summed E-state index contributed by atoms with van der Waals surface area (Å²) in [5, 5.41) is 0.890. The number of imidazole rings is 1. The number of hydrogen-bond donors (Lipinski definition) is 1. The molecule has 3 heterocycles. The molecule has 0 radical (unpaired) electrons. The summed E-state index contributed by atoms with van der Waals surface area (Å²) in [6.45, 7) is 6.37. The number of hydrogen-bond acceptors (Lipinski definition) is 3. The summed E-state index contributed by atoms with van der Waals surface area (Å²) in [4.78, 5) is 25.9. The van der Waals surface area contributed by atoms with Crippen molar-refractivity contribution in [1.82, 2.24) is 19.9 Å². The number of aromatic nitrogens is 3. The second-order valence-corrected chi connectivity index (χ2v) is 6.73. The second-order valence-electron chi connectivity index (χ2n) is 5.92. The first-order valence-electron chi connectivity index (χ1n) is 8.75. The van der Waals surface area contributed by atoms with Gasteiger partial charge in [-0.05, 0) is 25.1 Å². The van der Waals surface area contributed by atoms with Gasteiger partial charge < -0.3 is 9.88 Å². The zero-order chi connectivity index (χ0) is 19.7. The Morgan fingerprint density at radius 2 is 2.00 bits per heavy atom. The standard InChI is InChI=1S/C17H13Cl2FN4O.C2H6/c1-8-13-9(18)4-6-21-12(13)5-7-24(8)17(25)16-22-14-10(19)2-3-11(20)15(14)23-16;1-2/h2-4,6,8H,5,7H2,1H3,(H,22,23);1-2H3. The lowest BCUT2D eigenvalue weighted by Gasteiger charge is -2.34. The van der Waals surface area contributed by atoms with Gasteiger partial charge in [-0.25, -0.2) is 9.37 Å². The van der Waals surface area contributed by atoms with Crippen LogP contribution in [0.4, 0.5) is 4.39 Å². The summed E-state index contributed by atoms with van der Waals surface area (Å²) in [5.41, 5.74) is 2.10. The zero-order valence-electron chi connectivity index (χ0n) is 15.2. The van der Waals surface area contributed by atoms with E-state index in [1.54, 1.807) is 17.2 Å². The van der Waals surface area contributed by atoms with Gasteiger partial charge in [0.15, 0.2) is 11.6 Å². The van der Waals surface area contributed by atoms with E-state index in [1.165, 1.54) is 12.1 Å². The molecule has 0 fully saturated rings. The van der Waals surface area contributed by atoms with Gasteiger partial charge in [0.2, 0.25) is 0 Å². The topological polar surface area (TPSA) is 61.9 Å². The number of fused-ring (bicyclic) bond motifs is 2. The normalized spacial score (nSPS) is 15.9. The number of halogens is 3. The second kappa shape index (κ2) is 7.82. The lowest BCUT2D eigenvalue weighted by molar-refractivity contribution is 0.0665. The van der Waals surface area contributed by atoms with Gasteiger partial charge in [0.1, 0.15) is 5.52 Å². The Morgan fingerprint density at radius 3 is 2.70 bits per heavy atom. The third kappa shape index (κ3) is 3.39. The molecule has 1 aliphatic rings. The predicted molar refractivity (Wildman–Crippen MR) is 105 cm³/mol. The van der Waals surface area contributed by atoms with Gasteiger partial charge in [0.05, 0.1) is 16.6 Å². The number of rotatable bonds is 1. The highest BCUT2D eigenvalue weighted by Crippen LogP contribution is 2.34. The molecule has 1 N–H and O–H groups in total. The van der Waals surface area contributed by atoms with E-state index >= 15 is 0 Å². The van der Waals surface area contributed by atoms with Crippen molar-refractivity contribution >= 4 is 40.1 Å². The Morgan fingerprint density at radius 1 is 1.26 bits per heavy atom. The Bertz CT molecular complexity index is 966. The number of nitrogens with one attached hydrogen (secondary N) is 1. The van der Waals surface area contributed by atoms with Gasteiger partial charge in [-0.3, -0.25) is 9.78 Å². The van der Waals surface area contributed by atoms with Crippen LogP contribution in [0.1, 0.15) is 48.7 Å². The average Bonchev–Trinajstić information content (AvgIpc) is 3.13. The molecular weight excluding hydrogens is 390 g/mol. The van der Waals surface area contributed by atoms with Crippen LogP contribution < -0.4 is 0 Å². The molecule has 4 rings (SSSR count). The zero-order valence-corrected chi connectivity index (χ0v) is 16.7. The summed E-state index contributed by atoms with van der Waals surface area (Å²) in [5.74, 6) is -0.805. The molecule has 0 bridgehead atoms. The number of nitrogens with zero attached hydrogens (tertiary/aromatic N) is 3. The molecular formula is C19H19Cl2FN4O.